The predicted molar refractivity (Wildman–Crippen MR) is 97.0 cm³/mol. The Kier molecular flexibility index (Phi) is 3.72. The molecule has 2 aromatic rings. The summed E-state index contributed by atoms with van der Waals surface area (Å²) < 4.78 is 1.11. The molecule has 0 fully saturated rings. The van der Waals surface area contributed by atoms with E-state index in [1.807, 2.05) is 12.1 Å². The van der Waals surface area contributed by atoms with E-state index in [9.17, 15) is 0 Å². The molecule has 2 aromatic carbocycles. The Bertz CT molecular complexity index is 772. The Hall–Kier alpha value is -0.960. The zero-order chi connectivity index (χ0) is 15.3. The van der Waals surface area contributed by atoms with E-state index in [1.54, 1.807) is 0 Å². The highest BCUT2D eigenvalue weighted by molar-refractivity contribution is 9.10. The van der Waals surface area contributed by atoms with Crippen LogP contribution in [0.15, 0.2) is 53.0 Å². The molecule has 4 rings (SSSR count). The van der Waals surface area contributed by atoms with Gasteiger partial charge in [0.15, 0.2) is 0 Å². The van der Waals surface area contributed by atoms with Gasteiger partial charge in [-0.1, -0.05) is 53.6 Å². The predicted octanol–water partition coefficient (Wildman–Crippen LogP) is 6.58. The number of benzene rings is 2. The van der Waals surface area contributed by atoms with Crippen LogP contribution in [0.1, 0.15) is 29.5 Å². The molecule has 0 radical (unpaired) electrons. The fourth-order valence-electron chi connectivity index (χ4n) is 3.62. The molecule has 1 aliphatic heterocycles. The minimum atomic E-state index is 0.237. The summed E-state index contributed by atoms with van der Waals surface area (Å²) in [6.07, 6.45) is 5.70. The number of fused-ring (bicyclic) bond motifs is 3. The Balaban J connectivity index is 1.82. The number of anilines is 1. The van der Waals surface area contributed by atoms with Gasteiger partial charge < -0.3 is 5.32 Å². The first-order chi connectivity index (χ1) is 10.6. The normalized spacial score (nSPS) is 25.5. The molecule has 1 heterocycles. The maximum Gasteiger partial charge on any atom is 0.0595 e. The van der Waals surface area contributed by atoms with Gasteiger partial charge in [-0.15, -0.1) is 0 Å². The number of halogens is 3. The van der Waals surface area contributed by atoms with E-state index in [1.165, 1.54) is 16.8 Å². The average Bonchev–Trinajstić information content (AvgIpc) is 3.00. The van der Waals surface area contributed by atoms with E-state index in [4.69, 9.17) is 23.2 Å². The molecule has 0 bridgehead atoms. The van der Waals surface area contributed by atoms with Crippen LogP contribution >= 0.6 is 39.1 Å². The van der Waals surface area contributed by atoms with E-state index in [2.05, 4.69) is 57.7 Å². The number of hydrogen-bond donors (Lipinski definition) is 1. The molecule has 0 aromatic heterocycles. The molecule has 0 unspecified atom stereocenters. The molecule has 0 spiro atoms. The molecule has 1 nitrogen and oxygen atoms in total. The van der Waals surface area contributed by atoms with Crippen LogP contribution in [0.2, 0.25) is 10.0 Å². The molecule has 112 valence electrons. The first kappa shape index (κ1) is 14.6. The molecule has 0 saturated carbocycles. The smallest absolute Gasteiger partial charge is 0.0595 e. The highest BCUT2D eigenvalue weighted by atomic mass is 79.9. The van der Waals surface area contributed by atoms with Crippen molar-refractivity contribution in [1.82, 2.24) is 0 Å². The van der Waals surface area contributed by atoms with Crippen LogP contribution in [0, 0.1) is 5.92 Å². The van der Waals surface area contributed by atoms with Crippen molar-refractivity contribution in [3.05, 3.63) is 74.2 Å². The lowest BCUT2D eigenvalue weighted by Gasteiger charge is -2.38. The van der Waals surface area contributed by atoms with Crippen molar-refractivity contribution in [2.45, 2.75) is 18.4 Å². The second kappa shape index (κ2) is 5.59. The monoisotopic (exact) mass is 393 g/mol. The summed E-state index contributed by atoms with van der Waals surface area (Å²) in [6.45, 7) is 0. The number of para-hydroxylation sites is 1. The van der Waals surface area contributed by atoms with Gasteiger partial charge in [0, 0.05) is 10.4 Å². The Labute approximate surface area is 148 Å². The standard InChI is InChI=1S/C18H14BrCl2N/c19-14-6-2-5-13-11-3-1-4-12(11)17(22-18(13)14)10-7-8-15(20)16(21)9-10/h1-3,5-9,11-12,17,22H,4H2/t11-,12-,17-/m0/s1. The van der Waals surface area contributed by atoms with Crippen molar-refractivity contribution in [2.75, 3.05) is 5.32 Å². The highest BCUT2D eigenvalue weighted by Gasteiger charge is 2.38. The molecule has 0 amide bonds. The maximum atomic E-state index is 6.22. The number of hydrogen-bond acceptors (Lipinski definition) is 1. The molecule has 1 aliphatic carbocycles. The van der Waals surface area contributed by atoms with Crippen LogP contribution < -0.4 is 5.32 Å². The zero-order valence-electron chi connectivity index (χ0n) is 11.7. The fourth-order valence-corrected chi connectivity index (χ4v) is 4.42. The molecule has 4 heteroatoms. The number of nitrogens with one attached hydrogen (secondary N) is 1. The largest absolute Gasteiger partial charge is 0.377 e. The van der Waals surface area contributed by atoms with Gasteiger partial charge in [0.25, 0.3) is 0 Å². The Morgan fingerprint density at radius 3 is 2.77 bits per heavy atom. The van der Waals surface area contributed by atoms with Gasteiger partial charge in [0.05, 0.1) is 21.8 Å². The molecule has 1 N–H and O–H groups in total. The van der Waals surface area contributed by atoms with Crippen LogP contribution in [-0.4, -0.2) is 0 Å². The summed E-state index contributed by atoms with van der Waals surface area (Å²) in [5.41, 5.74) is 3.74. The summed E-state index contributed by atoms with van der Waals surface area (Å²) in [6, 6.07) is 12.6. The SMILES string of the molecule is Clc1ccc([C@@H]2Nc3c(Br)cccc3[C@H]3C=CC[C@@H]32)cc1Cl. The van der Waals surface area contributed by atoms with Crippen LogP contribution in [0.3, 0.4) is 0 Å². The van der Waals surface area contributed by atoms with Gasteiger partial charge in [0.2, 0.25) is 0 Å². The Morgan fingerprint density at radius 2 is 1.95 bits per heavy atom. The first-order valence-corrected chi connectivity index (χ1v) is 8.86. The fraction of sp³-hybridized carbons (Fsp3) is 0.222. The van der Waals surface area contributed by atoms with Crippen LogP contribution in [-0.2, 0) is 0 Å². The summed E-state index contributed by atoms with van der Waals surface area (Å²) in [5.74, 6) is 0.965. The van der Waals surface area contributed by atoms with Crippen molar-refractivity contribution in [3.8, 4) is 0 Å². The van der Waals surface area contributed by atoms with Crippen molar-refractivity contribution in [2.24, 2.45) is 5.92 Å². The molecule has 0 saturated heterocycles. The van der Waals surface area contributed by atoms with Crippen molar-refractivity contribution in [3.63, 3.8) is 0 Å². The van der Waals surface area contributed by atoms with Gasteiger partial charge >= 0.3 is 0 Å². The quantitative estimate of drug-likeness (QED) is 0.538. The van der Waals surface area contributed by atoms with E-state index < -0.39 is 0 Å². The molecular formula is C18H14BrCl2N. The van der Waals surface area contributed by atoms with Crippen LogP contribution in [0.4, 0.5) is 5.69 Å². The topological polar surface area (TPSA) is 12.0 Å². The van der Waals surface area contributed by atoms with Crippen LogP contribution in [0.25, 0.3) is 0 Å². The van der Waals surface area contributed by atoms with Crippen molar-refractivity contribution in [1.29, 1.82) is 0 Å². The first-order valence-electron chi connectivity index (χ1n) is 7.31. The Morgan fingerprint density at radius 1 is 1.09 bits per heavy atom. The zero-order valence-corrected chi connectivity index (χ0v) is 14.8. The lowest BCUT2D eigenvalue weighted by Crippen LogP contribution is -2.29. The van der Waals surface area contributed by atoms with Gasteiger partial charge in [-0.25, -0.2) is 0 Å². The number of rotatable bonds is 1. The average molecular weight is 395 g/mol. The molecular weight excluding hydrogens is 381 g/mol. The van der Waals surface area contributed by atoms with E-state index in [0.29, 0.717) is 21.9 Å². The van der Waals surface area contributed by atoms with Gasteiger partial charge in [-0.2, -0.15) is 0 Å². The van der Waals surface area contributed by atoms with Gasteiger partial charge in [-0.3, -0.25) is 0 Å². The van der Waals surface area contributed by atoms with E-state index in [0.717, 1.165) is 10.9 Å². The molecule has 22 heavy (non-hydrogen) atoms. The van der Waals surface area contributed by atoms with E-state index in [-0.39, 0.29) is 6.04 Å². The maximum absolute atomic E-state index is 6.22. The molecule has 2 aliphatic rings. The third-order valence-corrected chi connectivity index (χ3v) is 6.05. The second-order valence-electron chi connectivity index (χ2n) is 5.85. The second-order valence-corrected chi connectivity index (χ2v) is 7.52. The summed E-state index contributed by atoms with van der Waals surface area (Å²) in [7, 11) is 0. The van der Waals surface area contributed by atoms with Crippen molar-refractivity contribution < 1.29 is 0 Å². The third-order valence-electron chi connectivity index (χ3n) is 4.65. The highest BCUT2D eigenvalue weighted by Crippen LogP contribution is 2.51. The lowest BCUT2D eigenvalue weighted by molar-refractivity contribution is 0.425. The van der Waals surface area contributed by atoms with Crippen molar-refractivity contribution >= 4 is 44.8 Å². The third kappa shape index (κ3) is 2.29. The molecule has 3 atom stereocenters. The van der Waals surface area contributed by atoms with Gasteiger partial charge in [-0.05, 0) is 57.6 Å². The summed E-state index contributed by atoms with van der Waals surface area (Å²) in [4.78, 5) is 0. The minimum absolute atomic E-state index is 0.237. The summed E-state index contributed by atoms with van der Waals surface area (Å²) in [5, 5.41) is 4.92. The number of allylic oxidation sites excluding steroid dienone is 2. The summed E-state index contributed by atoms with van der Waals surface area (Å²) >= 11 is 16.0. The van der Waals surface area contributed by atoms with Crippen LogP contribution in [0.5, 0.6) is 0 Å². The minimum Gasteiger partial charge on any atom is -0.377 e. The lowest BCUT2D eigenvalue weighted by atomic mass is 9.77. The van der Waals surface area contributed by atoms with Gasteiger partial charge in [0.1, 0.15) is 0 Å². The van der Waals surface area contributed by atoms with E-state index >= 15 is 0 Å².